The Morgan fingerprint density at radius 3 is 1.60 bits per heavy atom. The highest BCUT2D eigenvalue weighted by Gasteiger charge is 2.52. The Kier molecular flexibility index (Phi) is 12.2. The summed E-state index contributed by atoms with van der Waals surface area (Å²) in [6, 6.07) is 81.8. The third-order valence-corrected chi connectivity index (χ3v) is 15.3. The highest BCUT2D eigenvalue weighted by Crippen LogP contribution is 2.64. The highest BCUT2D eigenvalue weighted by atomic mass is 15.1. The number of anilines is 3. The van der Waals surface area contributed by atoms with Gasteiger partial charge in [0.05, 0.1) is 5.41 Å². The van der Waals surface area contributed by atoms with Gasteiger partial charge in [0.15, 0.2) is 17.5 Å². The molecule has 1 spiro atoms. The second-order valence-corrected chi connectivity index (χ2v) is 19.6. The predicted molar refractivity (Wildman–Crippen MR) is 299 cm³/mol. The number of hydrogen-bond donors (Lipinski definition) is 0. The van der Waals surface area contributed by atoms with E-state index < -0.39 is 5.41 Å². The SMILES string of the molecule is CCCCCCC(CC)Cc1ccc(N(c2cccc(-c3ccccc3)c2)c2ccc3c(c2)C2(c4ccccc4-3)c3ccccc3-c3c(-c4nc(-c5ccccc5)nc(-c5ccccc5)n4)cccc32)cc1. The van der Waals surface area contributed by atoms with Crippen LogP contribution >= 0.6 is 0 Å². The van der Waals surface area contributed by atoms with Crippen LogP contribution in [0.2, 0.25) is 0 Å². The van der Waals surface area contributed by atoms with E-state index >= 15 is 0 Å². The van der Waals surface area contributed by atoms with Gasteiger partial charge in [-0.05, 0) is 110 Å². The molecule has 2 atom stereocenters. The fourth-order valence-corrected chi connectivity index (χ4v) is 11.8. The minimum absolute atomic E-state index is 0.616. The first-order valence-corrected chi connectivity index (χ1v) is 26.0. The van der Waals surface area contributed by atoms with E-state index in [0.717, 1.165) is 45.7 Å². The second kappa shape index (κ2) is 19.5. The van der Waals surface area contributed by atoms with Crippen LogP contribution in [-0.4, -0.2) is 15.0 Å². The Hall–Kier alpha value is -8.21. The zero-order valence-corrected chi connectivity index (χ0v) is 41.2. The van der Waals surface area contributed by atoms with Gasteiger partial charge in [-0.2, -0.15) is 0 Å². The molecule has 2 unspecified atom stereocenters. The van der Waals surface area contributed by atoms with Crippen molar-refractivity contribution in [2.75, 3.05) is 4.90 Å². The largest absolute Gasteiger partial charge is 0.310 e. The van der Waals surface area contributed by atoms with Crippen LogP contribution in [0.4, 0.5) is 17.1 Å². The lowest BCUT2D eigenvalue weighted by Crippen LogP contribution is -2.26. The zero-order valence-electron chi connectivity index (χ0n) is 41.2. The van der Waals surface area contributed by atoms with E-state index in [0.29, 0.717) is 23.4 Å². The minimum atomic E-state index is -0.616. The summed E-state index contributed by atoms with van der Waals surface area (Å²) in [5.41, 5.74) is 19.3. The third kappa shape index (κ3) is 8.01. The van der Waals surface area contributed by atoms with Gasteiger partial charge in [-0.3, -0.25) is 0 Å². The first kappa shape index (κ1) is 45.0. The van der Waals surface area contributed by atoms with E-state index in [4.69, 9.17) is 15.0 Å². The second-order valence-electron chi connectivity index (χ2n) is 19.6. The Labute approximate surface area is 424 Å². The fraction of sp³-hybridized carbons (Fsp3) is 0.162. The third-order valence-electron chi connectivity index (χ3n) is 15.3. The van der Waals surface area contributed by atoms with Gasteiger partial charge in [0.1, 0.15) is 0 Å². The highest BCUT2D eigenvalue weighted by molar-refractivity contribution is 6.00. The Morgan fingerprint density at radius 1 is 0.389 bits per heavy atom. The van der Waals surface area contributed by atoms with Gasteiger partial charge < -0.3 is 4.90 Å². The van der Waals surface area contributed by atoms with Crippen molar-refractivity contribution >= 4 is 17.1 Å². The average Bonchev–Trinajstić information content (AvgIpc) is 3.92. The molecule has 72 heavy (non-hydrogen) atoms. The van der Waals surface area contributed by atoms with E-state index in [1.54, 1.807) is 0 Å². The molecule has 10 aromatic rings. The van der Waals surface area contributed by atoms with Gasteiger partial charge in [-0.25, -0.2) is 15.0 Å². The topological polar surface area (TPSA) is 41.9 Å². The number of fused-ring (bicyclic) bond motifs is 10. The number of rotatable bonds is 15. The summed E-state index contributed by atoms with van der Waals surface area (Å²) in [6.45, 7) is 4.66. The molecule has 0 amide bonds. The summed E-state index contributed by atoms with van der Waals surface area (Å²) >= 11 is 0. The standard InChI is InChI=1S/C68H58N4/c1-3-5-6-10-23-47(4-2)44-48-38-40-53(41-39-48)72(54-31-21-30-52(45-54)49-24-11-7-12-25-49)55-42-43-57-56-32-17-19-35-60(56)68(63(57)46-55)61-36-20-18-33-58(61)64-59(34-22-37-62(64)68)67-70-65(50-26-13-8-14-27-50)69-66(71-67)51-28-15-9-16-29-51/h7-9,11-22,24-43,45-47H,3-6,10,23,44H2,1-2H3. The molecule has 2 aliphatic rings. The smallest absolute Gasteiger partial charge is 0.164 e. The number of aromatic nitrogens is 3. The molecule has 0 saturated heterocycles. The van der Waals surface area contributed by atoms with Crippen LogP contribution in [0.3, 0.4) is 0 Å². The summed E-state index contributed by atoms with van der Waals surface area (Å²) in [5, 5.41) is 0. The molecule has 9 aromatic carbocycles. The first-order valence-electron chi connectivity index (χ1n) is 26.0. The molecule has 2 aliphatic carbocycles. The Balaban J connectivity index is 1.04. The van der Waals surface area contributed by atoms with Gasteiger partial charge in [-0.1, -0.05) is 240 Å². The molecule has 0 aliphatic heterocycles. The predicted octanol–water partition coefficient (Wildman–Crippen LogP) is 17.9. The molecule has 0 fully saturated rings. The summed E-state index contributed by atoms with van der Waals surface area (Å²) in [4.78, 5) is 18.2. The molecule has 4 heteroatoms. The molecule has 0 radical (unpaired) electrons. The number of benzene rings is 9. The fourth-order valence-electron chi connectivity index (χ4n) is 11.8. The van der Waals surface area contributed by atoms with Crippen molar-refractivity contribution in [1.29, 1.82) is 0 Å². The van der Waals surface area contributed by atoms with Crippen molar-refractivity contribution in [2.24, 2.45) is 5.92 Å². The molecule has 12 rings (SSSR count). The van der Waals surface area contributed by atoms with Gasteiger partial charge in [0.2, 0.25) is 0 Å². The van der Waals surface area contributed by atoms with Crippen LogP contribution < -0.4 is 4.90 Å². The van der Waals surface area contributed by atoms with E-state index in [9.17, 15) is 0 Å². The molecular weight excluding hydrogens is 873 g/mol. The van der Waals surface area contributed by atoms with Crippen LogP contribution in [-0.2, 0) is 11.8 Å². The Morgan fingerprint density at radius 2 is 0.917 bits per heavy atom. The molecule has 1 heterocycles. The monoisotopic (exact) mass is 930 g/mol. The zero-order chi connectivity index (χ0) is 48.4. The number of hydrogen-bond acceptors (Lipinski definition) is 4. The molecule has 0 N–H and O–H groups in total. The van der Waals surface area contributed by atoms with Crippen molar-refractivity contribution < 1.29 is 0 Å². The maximum Gasteiger partial charge on any atom is 0.164 e. The lowest BCUT2D eigenvalue weighted by Gasteiger charge is -2.32. The molecule has 0 bridgehead atoms. The maximum atomic E-state index is 5.30. The van der Waals surface area contributed by atoms with Gasteiger partial charge in [0.25, 0.3) is 0 Å². The van der Waals surface area contributed by atoms with Gasteiger partial charge in [-0.15, -0.1) is 0 Å². The number of nitrogens with zero attached hydrogens (tertiary/aromatic N) is 4. The average molecular weight is 931 g/mol. The van der Waals surface area contributed by atoms with Gasteiger partial charge in [0, 0.05) is 33.8 Å². The Bertz CT molecular complexity index is 3470. The molecule has 1 aromatic heterocycles. The number of unbranched alkanes of at least 4 members (excludes halogenated alkanes) is 3. The maximum absolute atomic E-state index is 5.30. The summed E-state index contributed by atoms with van der Waals surface area (Å²) in [7, 11) is 0. The molecule has 0 saturated carbocycles. The lowest BCUT2D eigenvalue weighted by molar-refractivity contribution is 0.439. The van der Waals surface area contributed by atoms with Crippen molar-refractivity contribution in [1.82, 2.24) is 15.0 Å². The normalized spacial score (nSPS) is 14.4. The van der Waals surface area contributed by atoms with Crippen LogP contribution in [0.1, 0.15) is 80.2 Å². The quantitative estimate of drug-likeness (QED) is 0.0961. The first-order chi connectivity index (χ1) is 35.6. The van der Waals surface area contributed by atoms with E-state index in [-0.39, 0.29) is 0 Å². The van der Waals surface area contributed by atoms with E-state index in [1.165, 1.54) is 94.2 Å². The van der Waals surface area contributed by atoms with E-state index in [2.05, 4.69) is 207 Å². The van der Waals surface area contributed by atoms with Gasteiger partial charge >= 0.3 is 0 Å². The lowest BCUT2D eigenvalue weighted by atomic mass is 9.70. The summed E-state index contributed by atoms with van der Waals surface area (Å²) < 4.78 is 0. The van der Waals surface area contributed by atoms with Crippen molar-refractivity contribution in [3.05, 3.63) is 252 Å². The van der Waals surface area contributed by atoms with Crippen molar-refractivity contribution in [2.45, 2.75) is 64.2 Å². The summed E-state index contributed by atoms with van der Waals surface area (Å²) in [5.74, 6) is 2.65. The van der Waals surface area contributed by atoms with Crippen LogP contribution in [0.15, 0.2) is 224 Å². The molecular formula is C68H58N4. The van der Waals surface area contributed by atoms with Crippen molar-refractivity contribution in [3.63, 3.8) is 0 Å². The molecule has 4 nitrogen and oxygen atoms in total. The van der Waals surface area contributed by atoms with Crippen LogP contribution in [0, 0.1) is 5.92 Å². The van der Waals surface area contributed by atoms with Crippen molar-refractivity contribution in [3.8, 4) is 67.5 Å². The van der Waals surface area contributed by atoms with Crippen LogP contribution in [0.5, 0.6) is 0 Å². The summed E-state index contributed by atoms with van der Waals surface area (Å²) in [6.07, 6.45) is 8.86. The minimum Gasteiger partial charge on any atom is -0.310 e. The van der Waals surface area contributed by atoms with Crippen LogP contribution in [0.25, 0.3) is 67.5 Å². The molecule has 350 valence electrons. The van der Waals surface area contributed by atoms with E-state index in [1.807, 2.05) is 36.4 Å².